The number of nitrogens with zero attached hydrogens (tertiary/aromatic N) is 3. The third-order valence-electron chi connectivity index (χ3n) is 1.99. The highest BCUT2D eigenvalue weighted by Gasteiger charge is 1.68. The summed E-state index contributed by atoms with van der Waals surface area (Å²) in [5, 5.41) is 6.29. The molecule has 0 atom stereocenters. The molecule has 130 valence electrons. The van der Waals surface area contributed by atoms with Gasteiger partial charge in [-0.25, -0.2) is 0 Å². The van der Waals surface area contributed by atoms with E-state index >= 15 is 0 Å². The Balaban J connectivity index is -0.0000000921. The molecule has 0 amide bonds. The van der Waals surface area contributed by atoms with Crippen LogP contribution in [0.25, 0.3) is 10.4 Å². The third kappa shape index (κ3) is 84.5. The zero-order valence-corrected chi connectivity index (χ0v) is 15.3. The van der Waals surface area contributed by atoms with E-state index in [1.807, 2.05) is 14.0 Å². The molecule has 0 aliphatic rings. The van der Waals surface area contributed by atoms with E-state index in [4.69, 9.17) is 11.4 Å². The van der Waals surface area contributed by atoms with E-state index in [1.54, 1.807) is 0 Å². The second kappa shape index (κ2) is 42.7. The van der Waals surface area contributed by atoms with Gasteiger partial charge in [-0.2, -0.15) is 0 Å². The summed E-state index contributed by atoms with van der Waals surface area (Å²) in [5.74, 6) is 4.89. The van der Waals surface area contributed by atoms with Crippen LogP contribution in [0, 0.1) is 0 Å². The van der Waals surface area contributed by atoms with Gasteiger partial charge in [0.1, 0.15) is 0 Å². The number of hydrazine groups is 1. The van der Waals surface area contributed by atoms with Crippen LogP contribution < -0.4 is 16.6 Å². The van der Waals surface area contributed by atoms with Crippen LogP contribution in [0.1, 0.15) is 73.1 Å². The van der Waals surface area contributed by atoms with E-state index in [1.165, 1.54) is 25.7 Å². The van der Waals surface area contributed by atoms with Crippen molar-refractivity contribution in [1.82, 2.24) is 10.7 Å². The molecule has 0 unspecified atom stereocenters. The highest BCUT2D eigenvalue weighted by molar-refractivity contribution is 4.41. The standard InChI is InChI=1S/C5H12.C4H11N.C3H7N3.C3H10N2/c1-3-5-4-2;1-3-4-5-2;1-2-3-5-6-4;1-2-3-5-4/h3-5H2,1-2H3;5H,3-4H2,1-2H3;2-3H2,1H3;5H,2-4H2,1H3. The Hall–Kier alpha value is -0.810. The lowest BCUT2D eigenvalue weighted by molar-refractivity contribution is 0.714. The Kier molecular flexibility index (Phi) is 57.7. The molecule has 0 aliphatic carbocycles. The number of hydrogen-bond acceptors (Lipinski definition) is 4. The number of unbranched alkanes of at least 4 members (excludes halogenated alkanes) is 2. The minimum absolute atomic E-state index is 0.622. The molecule has 0 aromatic rings. The number of nitrogens with one attached hydrogen (secondary N) is 2. The minimum Gasteiger partial charge on any atom is -0.320 e. The van der Waals surface area contributed by atoms with Crippen molar-refractivity contribution in [2.24, 2.45) is 11.0 Å². The summed E-state index contributed by atoms with van der Waals surface area (Å²) in [6, 6.07) is 0. The van der Waals surface area contributed by atoms with Crippen molar-refractivity contribution < 1.29 is 0 Å². The van der Waals surface area contributed by atoms with E-state index in [2.05, 4.69) is 48.5 Å². The quantitative estimate of drug-likeness (QED) is 0.204. The molecular weight excluding hydrogens is 264 g/mol. The van der Waals surface area contributed by atoms with Crippen molar-refractivity contribution >= 4 is 0 Å². The first-order valence-corrected chi connectivity index (χ1v) is 8.25. The zero-order valence-electron chi connectivity index (χ0n) is 15.3. The third-order valence-corrected chi connectivity index (χ3v) is 1.99. The fourth-order valence-electron chi connectivity index (χ4n) is 0.893. The number of azide groups is 1. The lowest BCUT2D eigenvalue weighted by Gasteiger charge is -1.85. The molecule has 21 heavy (non-hydrogen) atoms. The van der Waals surface area contributed by atoms with Crippen molar-refractivity contribution in [2.45, 2.75) is 73.1 Å². The van der Waals surface area contributed by atoms with Crippen LogP contribution in [0.5, 0.6) is 0 Å². The van der Waals surface area contributed by atoms with Gasteiger partial charge in [-0.15, -0.1) is 0 Å². The Morgan fingerprint density at radius 3 is 1.48 bits per heavy atom. The molecule has 0 heterocycles. The summed E-state index contributed by atoms with van der Waals surface area (Å²) in [7, 11) is 1.96. The average Bonchev–Trinajstić information content (AvgIpc) is 2.49. The molecule has 6 heteroatoms. The molecule has 0 bridgehead atoms. The largest absolute Gasteiger partial charge is 0.320 e. The Morgan fingerprint density at radius 1 is 0.905 bits per heavy atom. The van der Waals surface area contributed by atoms with Crippen molar-refractivity contribution in [3.8, 4) is 0 Å². The predicted octanol–water partition coefficient (Wildman–Crippen LogP) is 4.38. The van der Waals surface area contributed by atoms with Gasteiger partial charge < -0.3 is 5.32 Å². The normalized spacial score (nSPS) is 7.95. The van der Waals surface area contributed by atoms with Crippen LogP contribution in [0.2, 0.25) is 0 Å². The van der Waals surface area contributed by atoms with Gasteiger partial charge in [0.15, 0.2) is 0 Å². The first kappa shape index (κ1) is 28.4. The van der Waals surface area contributed by atoms with E-state index in [0.717, 1.165) is 25.9 Å². The first-order chi connectivity index (χ1) is 10.2. The fourth-order valence-corrected chi connectivity index (χ4v) is 0.893. The highest BCUT2D eigenvalue weighted by atomic mass is 15.2. The highest BCUT2D eigenvalue weighted by Crippen LogP contribution is 1.88. The molecule has 0 aliphatic heterocycles. The summed E-state index contributed by atoms with van der Waals surface area (Å²) in [5.41, 5.74) is 10.2. The van der Waals surface area contributed by atoms with Crippen LogP contribution in [0.15, 0.2) is 5.11 Å². The minimum atomic E-state index is 0.622. The summed E-state index contributed by atoms with van der Waals surface area (Å²) in [4.78, 5) is 2.55. The second-order valence-corrected chi connectivity index (χ2v) is 4.37. The molecule has 0 radical (unpaired) electrons. The maximum atomic E-state index is 7.66. The van der Waals surface area contributed by atoms with Gasteiger partial charge in [0.2, 0.25) is 0 Å². The Labute approximate surface area is 132 Å². The predicted molar refractivity (Wildman–Crippen MR) is 96.2 cm³/mol. The topological polar surface area (TPSA) is 98.8 Å². The van der Waals surface area contributed by atoms with Gasteiger partial charge in [-0.1, -0.05) is 65.4 Å². The van der Waals surface area contributed by atoms with E-state index in [-0.39, 0.29) is 0 Å². The molecule has 4 N–H and O–H groups in total. The lowest BCUT2D eigenvalue weighted by atomic mass is 10.3. The molecule has 0 aromatic heterocycles. The van der Waals surface area contributed by atoms with Gasteiger partial charge >= 0.3 is 0 Å². The van der Waals surface area contributed by atoms with E-state index < -0.39 is 0 Å². The maximum Gasteiger partial charge on any atom is 0.0255 e. The summed E-state index contributed by atoms with van der Waals surface area (Å²) < 4.78 is 0. The van der Waals surface area contributed by atoms with E-state index in [9.17, 15) is 0 Å². The average molecular weight is 305 g/mol. The summed E-state index contributed by atoms with van der Waals surface area (Å²) >= 11 is 0. The second-order valence-electron chi connectivity index (χ2n) is 4.37. The van der Waals surface area contributed by atoms with Crippen LogP contribution in [0.4, 0.5) is 0 Å². The molecule has 0 saturated heterocycles. The van der Waals surface area contributed by atoms with Crippen molar-refractivity contribution in [3.05, 3.63) is 10.4 Å². The van der Waals surface area contributed by atoms with Gasteiger partial charge in [-0.05, 0) is 32.0 Å². The smallest absolute Gasteiger partial charge is 0.0255 e. The van der Waals surface area contributed by atoms with Gasteiger partial charge in [0.25, 0.3) is 0 Å². The summed E-state index contributed by atoms with van der Waals surface area (Å²) in [6.07, 6.45) is 7.35. The van der Waals surface area contributed by atoms with Gasteiger partial charge in [0, 0.05) is 18.0 Å². The SMILES string of the molecule is CCCCC.CCCN=[N+]=[N-].CCCNC.CCCNN. The molecule has 6 nitrogen and oxygen atoms in total. The first-order valence-electron chi connectivity index (χ1n) is 8.25. The van der Waals surface area contributed by atoms with Crippen molar-refractivity contribution in [3.63, 3.8) is 0 Å². The molecule has 0 fully saturated rings. The number of hydrogen-bond donors (Lipinski definition) is 3. The zero-order chi connectivity index (χ0) is 17.2. The van der Waals surface area contributed by atoms with Crippen LogP contribution >= 0.6 is 0 Å². The van der Waals surface area contributed by atoms with Crippen LogP contribution in [-0.2, 0) is 0 Å². The fraction of sp³-hybridized carbons (Fsp3) is 1.00. The monoisotopic (exact) mass is 304 g/mol. The Morgan fingerprint density at radius 2 is 1.43 bits per heavy atom. The Bertz CT molecular complexity index is 149. The molecular formula is C15H40N6. The van der Waals surface area contributed by atoms with Gasteiger partial charge in [0.05, 0.1) is 0 Å². The molecule has 0 aromatic carbocycles. The summed E-state index contributed by atoms with van der Waals surface area (Å²) in [6.45, 7) is 13.3. The van der Waals surface area contributed by atoms with E-state index in [0.29, 0.717) is 6.54 Å². The molecule has 0 saturated carbocycles. The number of rotatable bonds is 8. The van der Waals surface area contributed by atoms with Gasteiger partial charge in [-0.3, -0.25) is 11.3 Å². The molecule has 0 rings (SSSR count). The number of nitrogens with two attached hydrogens (primary N) is 1. The van der Waals surface area contributed by atoms with Crippen molar-refractivity contribution in [2.75, 3.05) is 26.7 Å². The van der Waals surface area contributed by atoms with Crippen LogP contribution in [-0.4, -0.2) is 26.7 Å². The molecule has 0 spiro atoms. The van der Waals surface area contributed by atoms with Crippen LogP contribution in [0.3, 0.4) is 0 Å². The lowest BCUT2D eigenvalue weighted by Crippen LogP contribution is -2.21. The maximum absolute atomic E-state index is 7.66. The van der Waals surface area contributed by atoms with Crippen molar-refractivity contribution in [1.29, 1.82) is 0 Å².